The van der Waals surface area contributed by atoms with Crippen molar-refractivity contribution in [3.8, 4) is 16.8 Å². The highest BCUT2D eigenvalue weighted by molar-refractivity contribution is 5.96. The van der Waals surface area contributed by atoms with Crippen molar-refractivity contribution >= 4 is 11.9 Å². The molecule has 1 aromatic heterocycles. The van der Waals surface area contributed by atoms with Gasteiger partial charge in [0, 0.05) is 49.4 Å². The van der Waals surface area contributed by atoms with Crippen LogP contribution >= 0.6 is 0 Å². The number of carboxylic acids is 1. The number of aromatic carboxylic acids is 1. The summed E-state index contributed by atoms with van der Waals surface area (Å²) in [6.45, 7) is 1.28. The minimum Gasteiger partial charge on any atom is -0.478 e. The summed E-state index contributed by atoms with van der Waals surface area (Å²) in [7, 11) is 1.76. The molecule has 1 unspecified atom stereocenters. The fraction of sp³-hybridized carbons (Fsp3) is 0.296. The van der Waals surface area contributed by atoms with E-state index in [1.54, 1.807) is 59.2 Å². The predicted octanol–water partition coefficient (Wildman–Crippen LogP) is 3.74. The molecule has 2 heterocycles. The quantitative estimate of drug-likeness (QED) is 0.466. The Bertz CT molecular complexity index is 1360. The molecule has 1 amide bonds. The second-order valence-electron chi connectivity index (χ2n) is 9.26. The second kappa shape index (κ2) is 9.49. The minimum atomic E-state index is -1.06. The highest BCUT2D eigenvalue weighted by atomic mass is 19.1. The number of nitrogens with one attached hydrogen (secondary N) is 1. The van der Waals surface area contributed by atoms with Crippen LogP contribution in [0.25, 0.3) is 16.8 Å². The number of amides is 1. The van der Waals surface area contributed by atoms with E-state index in [-0.39, 0.29) is 28.9 Å². The topological polar surface area (TPSA) is 113 Å². The lowest BCUT2D eigenvalue weighted by Crippen LogP contribution is -2.28. The number of carboxylic acid groups (broad SMARTS) is 1. The molecule has 0 bridgehead atoms. The average molecular weight is 490 g/mol. The third-order valence-electron chi connectivity index (χ3n) is 6.94. The van der Waals surface area contributed by atoms with Gasteiger partial charge in [0.25, 0.3) is 5.91 Å². The first-order chi connectivity index (χ1) is 17.4. The van der Waals surface area contributed by atoms with Gasteiger partial charge in [-0.05, 0) is 43.0 Å². The zero-order valence-electron chi connectivity index (χ0n) is 19.9. The Balaban J connectivity index is 1.52. The molecule has 5 rings (SSSR count). The third-order valence-corrected chi connectivity index (χ3v) is 6.94. The van der Waals surface area contributed by atoms with Crippen LogP contribution in [0.5, 0.6) is 0 Å². The Labute approximate surface area is 208 Å². The standard InChI is InChI=1S/C27H28FN5O3/c1-30-15-23(29)20-13-21(20)25-22(27(35)36)14-31-33(25)17-7-4-6-16(12-17)18-8-5-9-19(24(18)28)26(34)32-10-2-3-11-32/h4-9,12,14-15,20-21,30H,2-3,10-11,13,29H2,1H3,(H,35,36)/b23-15-/t20?,21-/m1/s1. The molecular weight excluding hydrogens is 461 g/mol. The molecule has 1 aliphatic heterocycles. The lowest BCUT2D eigenvalue weighted by atomic mass is 10.0. The minimum absolute atomic E-state index is 0.0138. The fourth-order valence-electron chi connectivity index (χ4n) is 5.04. The van der Waals surface area contributed by atoms with E-state index < -0.39 is 11.8 Å². The highest BCUT2D eigenvalue weighted by Crippen LogP contribution is 2.51. The lowest BCUT2D eigenvalue weighted by molar-refractivity contribution is 0.0694. The van der Waals surface area contributed by atoms with Crippen LogP contribution in [0.2, 0.25) is 0 Å². The van der Waals surface area contributed by atoms with Crippen LogP contribution in [-0.4, -0.2) is 51.8 Å². The number of likely N-dealkylation sites (tertiary alicyclic amines) is 1. The van der Waals surface area contributed by atoms with Gasteiger partial charge in [-0.2, -0.15) is 5.10 Å². The van der Waals surface area contributed by atoms with Crippen molar-refractivity contribution in [1.82, 2.24) is 20.0 Å². The fourth-order valence-corrected chi connectivity index (χ4v) is 5.04. The van der Waals surface area contributed by atoms with Gasteiger partial charge in [0.2, 0.25) is 0 Å². The molecule has 1 aliphatic carbocycles. The largest absolute Gasteiger partial charge is 0.478 e. The summed E-state index contributed by atoms with van der Waals surface area (Å²) in [6, 6.07) is 11.9. The second-order valence-corrected chi connectivity index (χ2v) is 9.26. The molecule has 2 atom stereocenters. The van der Waals surface area contributed by atoms with Crippen LogP contribution in [0.15, 0.2) is 60.6 Å². The van der Waals surface area contributed by atoms with E-state index in [1.165, 1.54) is 12.3 Å². The molecule has 0 radical (unpaired) electrons. The van der Waals surface area contributed by atoms with E-state index in [0.717, 1.165) is 12.8 Å². The summed E-state index contributed by atoms with van der Waals surface area (Å²) >= 11 is 0. The van der Waals surface area contributed by atoms with Crippen LogP contribution < -0.4 is 11.1 Å². The zero-order valence-corrected chi connectivity index (χ0v) is 19.9. The van der Waals surface area contributed by atoms with E-state index in [9.17, 15) is 14.7 Å². The number of carbonyl (C=O) groups is 2. The molecule has 2 aliphatic rings. The van der Waals surface area contributed by atoms with Crippen LogP contribution in [0.3, 0.4) is 0 Å². The van der Waals surface area contributed by atoms with Gasteiger partial charge in [0.05, 0.1) is 23.1 Å². The van der Waals surface area contributed by atoms with Gasteiger partial charge < -0.3 is 21.1 Å². The first-order valence-corrected chi connectivity index (χ1v) is 12.0. The number of rotatable bonds is 7. The van der Waals surface area contributed by atoms with Crippen molar-refractivity contribution in [3.63, 3.8) is 0 Å². The maximum Gasteiger partial charge on any atom is 0.339 e. The van der Waals surface area contributed by atoms with Gasteiger partial charge in [-0.1, -0.05) is 24.3 Å². The number of halogens is 1. The molecule has 4 N–H and O–H groups in total. The van der Waals surface area contributed by atoms with Gasteiger partial charge in [0.15, 0.2) is 0 Å². The van der Waals surface area contributed by atoms with E-state index >= 15 is 4.39 Å². The summed E-state index contributed by atoms with van der Waals surface area (Å²) in [5.74, 6) is -2.00. The SMILES string of the molecule is CN/C=C(\N)C1C[C@H]1c1c(C(=O)O)cnn1-c1cccc(-c2cccc(C(=O)N3CCCC3)c2F)c1. The molecule has 8 nitrogen and oxygen atoms in total. The Morgan fingerprint density at radius 1 is 1.17 bits per heavy atom. The monoisotopic (exact) mass is 489 g/mol. The Morgan fingerprint density at radius 2 is 1.92 bits per heavy atom. The highest BCUT2D eigenvalue weighted by Gasteiger charge is 2.45. The number of hydrogen-bond acceptors (Lipinski definition) is 5. The molecule has 0 spiro atoms. The smallest absolute Gasteiger partial charge is 0.339 e. The number of benzene rings is 2. The maximum atomic E-state index is 15.6. The molecule has 2 fully saturated rings. The summed E-state index contributed by atoms with van der Waals surface area (Å²) < 4.78 is 17.2. The molecular formula is C27H28FN5O3. The van der Waals surface area contributed by atoms with Crippen molar-refractivity contribution in [2.24, 2.45) is 11.7 Å². The van der Waals surface area contributed by atoms with Gasteiger partial charge >= 0.3 is 5.97 Å². The lowest BCUT2D eigenvalue weighted by Gasteiger charge is -2.17. The first kappa shape index (κ1) is 23.6. The number of hydrogen-bond donors (Lipinski definition) is 3. The van der Waals surface area contributed by atoms with Gasteiger partial charge in [-0.25, -0.2) is 13.9 Å². The maximum absolute atomic E-state index is 15.6. The van der Waals surface area contributed by atoms with Crippen molar-refractivity contribution < 1.29 is 19.1 Å². The van der Waals surface area contributed by atoms with Crippen molar-refractivity contribution in [2.45, 2.75) is 25.2 Å². The van der Waals surface area contributed by atoms with Crippen molar-refractivity contribution in [1.29, 1.82) is 0 Å². The molecule has 1 saturated carbocycles. The molecule has 3 aromatic rings. The number of nitrogens with zero attached hydrogens (tertiary/aromatic N) is 3. The van der Waals surface area contributed by atoms with E-state index in [4.69, 9.17) is 5.73 Å². The van der Waals surface area contributed by atoms with E-state index in [2.05, 4.69) is 10.4 Å². The molecule has 36 heavy (non-hydrogen) atoms. The summed E-state index contributed by atoms with van der Waals surface area (Å²) in [5, 5.41) is 17.1. The number of allylic oxidation sites excluding steroid dienone is 1. The van der Waals surface area contributed by atoms with Crippen LogP contribution in [0.1, 0.15) is 51.6 Å². The van der Waals surface area contributed by atoms with E-state index in [1.807, 2.05) is 0 Å². The summed E-state index contributed by atoms with van der Waals surface area (Å²) in [6.07, 6.45) is 5.62. The summed E-state index contributed by atoms with van der Waals surface area (Å²) in [5.41, 5.74) is 9.03. The number of nitrogens with two attached hydrogens (primary N) is 1. The Kier molecular flexibility index (Phi) is 6.22. The number of aromatic nitrogens is 2. The molecule has 9 heteroatoms. The van der Waals surface area contributed by atoms with Crippen molar-refractivity contribution in [3.05, 3.63) is 83.2 Å². The van der Waals surface area contributed by atoms with Crippen molar-refractivity contribution in [2.75, 3.05) is 20.1 Å². The number of carbonyl (C=O) groups excluding carboxylic acids is 1. The van der Waals surface area contributed by atoms with E-state index in [0.29, 0.717) is 47.7 Å². The molecule has 2 aromatic carbocycles. The normalized spacial score (nSPS) is 19.4. The Morgan fingerprint density at radius 3 is 2.64 bits per heavy atom. The first-order valence-electron chi connectivity index (χ1n) is 12.0. The predicted molar refractivity (Wildman–Crippen MR) is 133 cm³/mol. The van der Waals surface area contributed by atoms with Gasteiger partial charge in [-0.3, -0.25) is 4.79 Å². The third kappa shape index (κ3) is 4.21. The summed E-state index contributed by atoms with van der Waals surface area (Å²) in [4.78, 5) is 26.5. The zero-order chi connectivity index (χ0) is 25.4. The van der Waals surface area contributed by atoms with Crippen LogP contribution in [0, 0.1) is 11.7 Å². The van der Waals surface area contributed by atoms with Gasteiger partial charge in [-0.15, -0.1) is 0 Å². The average Bonchev–Trinajstić information content (AvgIpc) is 3.27. The Hall–Kier alpha value is -4.14. The van der Waals surface area contributed by atoms with Crippen LogP contribution in [0.4, 0.5) is 4.39 Å². The van der Waals surface area contributed by atoms with Crippen LogP contribution in [-0.2, 0) is 0 Å². The molecule has 1 saturated heterocycles. The van der Waals surface area contributed by atoms with Gasteiger partial charge in [0.1, 0.15) is 11.4 Å². The molecule has 186 valence electrons.